The zero-order valence-electron chi connectivity index (χ0n) is 12.1. The Labute approximate surface area is 132 Å². The second kappa shape index (κ2) is 6.03. The summed E-state index contributed by atoms with van der Waals surface area (Å²) in [4.78, 5) is 4.44. The molecule has 5 heteroatoms. The second-order valence-corrected chi connectivity index (χ2v) is 5.84. The smallest absolute Gasteiger partial charge is 0.148 e. The van der Waals surface area contributed by atoms with Crippen LogP contribution in [-0.4, -0.2) is 16.6 Å². The van der Waals surface area contributed by atoms with E-state index >= 15 is 0 Å². The topological polar surface area (TPSA) is 43.0 Å². The van der Waals surface area contributed by atoms with Gasteiger partial charge in [0.25, 0.3) is 0 Å². The molecule has 4 nitrogen and oxygen atoms in total. The SMILES string of the molecule is CCn1ccnc1CC(NC)c1cc2cccc(Br)c2o1. The molecule has 1 atom stereocenters. The highest BCUT2D eigenvalue weighted by Crippen LogP contribution is 2.30. The monoisotopic (exact) mass is 347 g/mol. The van der Waals surface area contributed by atoms with Crippen molar-refractivity contribution in [3.63, 3.8) is 0 Å². The number of hydrogen-bond acceptors (Lipinski definition) is 3. The van der Waals surface area contributed by atoms with Crippen LogP contribution in [0.25, 0.3) is 11.0 Å². The number of fused-ring (bicyclic) bond motifs is 1. The normalized spacial score (nSPS) is 12.9. The van der Waals surface area contributed by atoms with E-state index in [1.54, 1.807) is 0 Å². The highest BCUT2D eigenvalue weighted by molar-refractivity contribution is 9.10. The number of halogens is 1. The Morgan fingerprint density at radius 2 is 2.29 bits per heavy atom. The Balaban J connectivity index is 1.93. The molecule has 0 amide bonds. The fourth-order valence-corrected chi connectivity index (χ4v) is 3.03. The summed E-state index contributed by atoms with van der Waals surface area (Å²) in [6.45, 7) is 3.05. The Kier molecular flexibility index (Phi) is 4.12. The fraction of sp³-hybridized carbons (Fsp3) is 0.312. The van der Waals surface area contributed by atoms with E-state index < -0.39 is 0 Å². The molecule has 0 aliphatic carbocycles. The summed E-state index contributed by atoms with van der Waals surface area (Å²) in [6, 6.07) is 8.28. The van der Waals surface area contributed by atoms with Crippen LogP contribution in [0.2, 0.25) is 0 Å². The Morgan fingerprint density at radius 1 is 1.43 bits per heavy atom. The maximum absolute atomic E-state index is 6.03. The molecule has 0 bridgehead atoms. The Morgan fingerprint density at radius 3 is 3.00 bits per heavy atom. The van der Waals surface area contributed by atoms with E-state index in [0.717, 1.165) is 40.0 Å². The summed E-state index contributed by atoms with van der Waals surface area (Å²) >= 11 is 3.53. The minimum Gasteiger partial charge on any atom is -0.458 e. The van der Waals surface area contributed by atoms with Gasteiger partial charge < -0.3 is 14.3 Å². The molecular weight excluding hydrogens is 330 g/mol. The molecule has 2 aromatic heterocycles. The minimum absolute atomic E-state index is 0.108. The number of benzene rings is 1. The van der Waals surface area contributed by atoms with Gasteiger partial charge in [-0.1, -0.05) is 12.1 Å². The maximum atomic E-state index is 6.03. The van der Waals surface area contributed by atoms with Gasteiger partial charge in [0, 0.05) is 30.7 Å². The number of nitrogens with one attached hydrogen (secondary N) is 1. The van der Waals surface area contributed by atoms with Crippen LogP contribution < -0.4 is 5.32 Å². The first kappa shape index (κ1) is 14.4. The number of furan rings is 1. The first-order valence-corrected chi connectivity index (χ1v) is 7.87. The van der Waals surface area contributed by atoms with Crippen LogP contribution >= 0.6 is 15.9 Å². The van der Waals surface area contributed by atoms with Gasteiger partial charge in [-0.2, -0.15) is 0 Å². The molecule has 3 rings (SSSR count). The van der Waals surface area contributed by atoms with Crippen molar-refractivity contribution >= 4 is 26.9 Å². The summed E-state index contributed by atoms with van der Waals surface area (Å²) in [5.74, 6) is 2.00. The Hall–Kier alpha value is -1.59. The Bertz CT molecular complexity index is 747. The molecule has 3 aromatic rings. The van der Waals surface area contributed by atoms with E-state index in [2.05, 4.69) is 49.9 Å². The average Bonchev–Trinajstić information content (AvgIpc) is 3.11. The number of hydrogen-bond donors (Lipinski definition) is 1. The lowest BCUT2D eigenvalue weighted by molar-refractivity contribution is 0.439. The molecule has 0 aliphatic rings. The quantitative estimate of drug-likeness (QED) is 0.760. The largest absolute Gasteiger partial charge is 0.458 e. The van der Waals surface area contributed by atoms with Gasteiger partial charge in [0.05, 0.1) is 10.5 Å². The second-order valence-electron chi connectivity index (χ2n) is 4.98. The van der Waals surface area contributed by atoms with Gasteiger partial charge in [0.15, 0.2) is 0 Å². The lowest BCUT2D eigenvalue weighted by atomic mass is 10.1. The molecule has 0 saturated carbocycles. The van der Waals surface area contributed by atoms with Crippen molar-refractivity contribution in [2.24, 2.45) is 0 Å². The molecule has 1 unspecified atom stereocenters. The van der Waals surface area contributed by atoms with Gasteiger partial charge in [-0.25, -0.2) is 4.98 Å². The van der Waals surface area contributed by atoms with Crippen molar-refractivity contribution in [2.45, 2.75) is 25.9 Å². The van der Waals surface area contributed by atoms with Crippen LogP contribution in [0.3, 0.4) is 0 Å². The number of para-hydroxylation sites is 1. The summed E-state index contributed by atoms with van der Waals surface area (Å²) in [6.07, 6.45) is 4.66. The molecule has 1 aromatic carbocycles. The van der Waals surface area contributed by atoms with Gasteiger partial charge >= 0.3 is 0 Å². The summed E-state index contributed by atoms with van der Waals surface area (Å²) < 4.78 is 9.17. The number of nitrogens with zero attached hydrogens (tertiary/aromatic N) is 2. The number of likely N-dealkylation sites (N-methyl/N-ethyl adjacent to an activating group) is 1. The first-order valence-electron chi connectivity index (χ1n) is 7.08. The van der Waals surface area contributed by atoms with Gasteiger partial charge in [-0.05, 0) is 42.0 Å². The lowest BCUT2D eigenvalue weighted by Crippen LogP contribution is -2.20. The predicted molar refractivity (Wildman–Crippen MR) is 87.3 cm³/mol. The number of aryl methyl sites for hydroxylation is 1. The molecule has 0 radical (unpaired) electrons. The standard InChI is InChI=1S/C16H18BrN3O/c1-3-20-8-7-19-15(20)10-13(18-2)14-9-11-5-4-6-12(17)16(11)21-14/h4-9,13,18H,3,10H2,1-2H3. The molecule has 0 fully saturated rings. The minimum atomic E-state index is 0.108. The molecule has 0 saturated heterocycles. The third-order valence-corrected chi connectivity index (χ3v) is 4.36. The third kappa shape index (κ3) is 2.76. The summed E-state index contributed by atoms with van der Waals surface area (Å²) in [5, 5.41) is 4.44. The van der Waals surface area contributed by atoms with E-state index in [1.807, 2.05) is 31.6 Å². The van der Waals surface area contributed by atoms with E-state index in [4.69, 9.17) is 4.42 Å². The molecule has 0 spiro atoms. The average molecular weight is 348 g/mol. The van der Waals surface area contributed by atoms with E-state index in [0.29, 0.717) is 0 Å². The number of rotatable bonds is 5. The van der Waals surface area contributed by atoms with Crippen molar-refractivity contribution in [3.05, 3.63) is 52.7 Å². The van der Waals surface area contributed by atoms with Crippen LogP contribution in [0.4, 0.5) is 0 Å². The van der Waals surface area contributed by atoms with Crippen LogP contribution in [0.5, 0.6) is 0 Å². The van der Waals surface area contributed by atoms with Gasteiger partial charge in [-0.15, -0.1) is 0 Å². The summed E-state index contributed by atoms with van der Waals surface area (Å²) in [7, 11) is 1.95. The molecule has 110 valence electrons. The molecular formula is C16H18BrN3O. The van der Waals surface area contributed by atoms with Crippen molar-refractivity contribution in [1.82, 2.24) is 14.9 Å². The van der Waals surface area contributed by atoms with Crippen molar-refractivity contribution in [2.75, 3.05) is 7.05 Å². The van der Waals surface area contributed by atoms with Crippen LogP contribution in [-0.2, 0) is 13.0 Å². The predicted octanol–water partition coefficient (Wildman–Crippen LogP) is 3.91. The van der Waals surface area contributed by atoms with E-state index in [9.17, 15) is 0 Å². The third-order valence-electron chi connectivity index (χ3n) is 3.74. The zero-order chi connectivity index (χ0) is 14.8. The van der Waals surface area contributed by atoms with Crippen molar-refractivity contribution < 1.29 is 4.42 Å². The maximum Gasteiger partial charge on any atom is 0.148 e. The van der Waals surface area contributed by atoms with Crippen LogP contribution in [0.1, 0.15) is 24.6 Å². The molecule has 0 aliphatic heterocycles. The van der Waals surface area contributed by atoms with E-state index in [-0.39, 0.29) is 6.04 Å². The van der Waals surface area contributed by atoms with Crippen LogP contribution in [0, 0.1) is 0 Å². The fourth-order valence-electron chi connectivity index (χ4n) is 2.56. The van der Waals surface area contributed by atoms with Gasteiger partial charge in [0.2, 0.25) is 0 Å². The number of imidazole rings is 1. The zero-order valence-corrected chi connectivity index (χ0v) is 13.7. The van der Waals surface area contributed by atoms with Gasteiger partial charge in [-0.3, -0.25) is 0 Å². The number of aromatic nitrogens is 2. The molecule has 21 heavy (non-hydrogen) atoms. The van der Waals surface area contributed by atoms with E-state index in [1.165, 1.54) is 0 Å². The van der Waals surface area contributed by atoms with Crippen LogP contribution in [0.15, 0.2) is 45.5 Å². The van der Waals surface area contributed by atoms with Crippen molar-refractivity contribution in [1.29, 1.82) is 0 Å². The summed E-state index contributed by atoms with van der Waals surface area (Å²) in [5.41, 5.74) is 0.895. The highest BCUT2D eigenvalue weighted by atomic mass is 79.9. The van der Waals surface area contributed by atoms with Crippen molar-refractivity contribution in [3.8, 4) is 0 Å². The lowest BCUT2D eigenvalue weighted by Gasteiger charge is -2.14. The first-order chi connectivity index (χ1) is 10.2. The molecule has 2 heterocycles. The molecule has 1 N–H and O–H groups in total. The highest BCUT2D eigenvalue weighted by Gasteiger charge is 2.18. The van der Waals surface area contributed by atoms with Gasteiger partial charge in [0.1, 0.15) is 17.2 Å².